The number of para-hydroxylation sites is 1. The van der Waals surface area contributed by atoms with Gasteiger partial charge in [0.25, 0.3) is 0 Å². The van der Waals surface area contributed by atoms with Crippen LogP contribution in [0, 0.1) is 0 Å². The van der Waals surface area contributed by atoms with Crippen LogP contribution in [0.15, 0.2) is 53.7 Å². The van der Waals surface area contributed by atoms with E-state index in [-0.39, 0.29) is 6.04 Å². The van der Waals surface area contributed by atoms with Crippen molar-refractivity contribution in [2.45, 2.75) is 19.0 Å². The summed E-state index contributed by atoms with van der Waals surface area (Å²) in [5.74, 6) is 0.981. The maximum absolute atomic E-state index is 5.98. The van der Waals surface area contributed by atoms with Crippen molar-refractivity contribution in [3.63, 3.8) is 0 Å². The second-order valence-electron chi connectivity index (χ2n) is 8.33. The fourth-order valence-electron chi connectivity index (χ4n) is 4.24. The van der Waals surface area contributed by atoms with Crippen LogP contribution in [0.3, 0.4) is 0 Å². The van der Waals surface area contributed by atoms with Gasteiger partial charge in [-0.05, 0) is 36.8 Å². The Kier molecular flexibility index (Phi) is 4.90. The quantitative estimate of drug-likeness (QED) is 0.661. The SMILES string of the molecule is CC1CN(c2nn(C)c3ccccc23)c2cc(C(C=NC3COC3)=CN)ccc2N1C. The zero-order valence-corrected chi connectivity index (χ0v) is 18.2. The third kappa shape index (κ3) is 3.35. The van der Waals surface area contributed by atoms with Crippen LogP contribution in [0.5, 0.6) is 0 Å². The molecule has 2 aromatic carbocycles. The molecule has 0 amide bonds. The van der Waals surface area contributed by atoms with Gasteiger partial charge in [0.15, 0.2) is 5.82 Å². The fraction of sp³-hybridized carbons (Fsp3) is 0.333. The number of aliphatic imine (C=N–C) groups is 1. The van der Waals surface area contributed by atoms with Gasteiger partial charge in [0.05, 0.1) is 36.1 Å². The number of aryl methyl sites for hydroxylation is 1. The third-order valence-electron chi connectivity index (χ3n) is 6.31. The molecule has 1 aromatic heterocycles. The molecule has 0 aliphatic carbocycles. The summed E-state index contributed by atoms with van der Waals surface area (Å²) in [4.78, 5) is 9.26. The number of rotatable bonds is 4. The second kappa shape index (κ2) is 7.74. The number of hydrogen-bond acceptors (Lipinski definition) is 6. The zero-order valence-electron chi connectivity index (χ0n) is 18.2. The fourth-order valence-corrected chi connectivity index (χ4v) is 4.24. The van der Waals surface area contributed by atoms with E-state index in [2.05, 4.69) is 71.2 Å². The maximum atomic E-state index is 5.98. The number of nitrogens with zero attached hydrogens (tertiary/aromatic N) is 5. The second-order valence-corrected chi connectivity index (χ2v) is 8.33. The first kappa shape index (κ1) is 19.6. The molecule has 0 bridgehead atoms. The van der Waals surface area contributed by atoms with Gasteiger partial charge in [0.2, 0.25) is 0 Å². The summed E-state index contributed by atoms with van der Waals surface area (Å²) in [7, 11) is 4.15. The van der Waals surface area contributed by atoms with Gasteiger partial charge in [-0.2, -0.15) is 5.10 Å². The minimum atomic E-state index is 0.232. The topological polar surface area (TPSA) is 71.9 Å². The number of anilines is 3. The molecule has 0 saturated carbocycles. The van der Waals surface area contributed by atoms with Gasteiger partial charge in [-0.3, -0.25) is 9.67 Å². The number of fused-ring (bicyclic) bond motifs is 2. The minimum absolute atomic E-state index is 0.232. The molecular weight excluding hydrogens is 388 g/mol. The Bertz CT molecular complexity index is 1180. The molecule has 160 valence electrons. The lowest BCUT2D eigenvalue weighted by Crippen LogP contribution is -2.44. The van der Waals surface area contributed by atoms with Crippen molar-refractivity contribution in [2.24, 2.45) is 17.8 Å². The number of likely N-dealkylation sites (N-methyl/N-ethyl adjacent to an activating group) is 1. The Hall–Kier alpha value is -3.32. The lowest BCUT2D eigenvalue weighted by atomic mass is 10.0. The first-order valence-electron chi connectivity index (χ1n) is 10.7. The molecule has 7 heteroatoms. The minimum Gasteiger partial charge on any atom is -0.404 e. The van der Waals surface area contributed by atoms with E-state index in [1.54, 1.807) is 6.20 Å². The van der Waals surface area contributed by atoms with Crippen LogP contribution in [0.4, 0.5) is 17.2 Å². The molecule has 0 radical (unpaired) electrons. The van der Waals surface area contributed by atoms with Crippen molar-refractivity contribution >= 4 is 39.9 Å². The van der Waals surface area contributed by atoms with Crippen LogP contribution in [0.2, 0.25) is 0 Å². The van der Waals surface area contributed by atoms with Crippen molar-refractivity contribution in [3.05, 3.63) is 54.2 Å². The van der Waals surface area contributed by atoms with Crippen LogP contribution in [-0.2, 0) is 11.8 Å². The van der Waals surface area contributed by atoms with E-state index in [1.807, 2.05) is 17.9 Å². The number of nitrogens with two attached hydrogens (primary N) is 1. The number of aromatic nitrogens is 2. The number of allylic oxidation sites excluding steroid dienone is 1. The Morgan fingerprint density at radius 1 is 1.16 bits per heavy atom. The van der Waals surface area contributed by atoms with Crippen LogP contribution in [0.25, 0.3) is 16.5 Å². The highest BCUT2D eigenvalue weighted by Crippen LogP contribution is 2.42. The number of ether oxygens (including phenoxy) is 1. The van der Waals surface area contributed by atoms with E-state index in [4.69, 9.17) is 15.6 Å². The Labute approximate surface area is 182 Å². The molecule has 2 N–H and O–H groups in total. The van der Waals surface area contributed by atoms with Gasteiger partial charge >= 0.3 is 0 Å². The molecule has 0 spiro atoms. The van der Waals surface area contributed by atoms with E-state index in [9.17, 15) is 0 Å². The number of hydrogen-bond donors (Lipinski definition) is 1. The van der Waals surface area contributed by atoms with E-state index in [0.29, 0.717) is 19.3 Å². The molecular formula is C24H28N6O. The summed E-state index contributed by atoms with van der Waals surface area (Å²) >= 11 is 0. The molecule has 1 saturated heterocycles. The predicted octanol–water partition coefficient (Wildman–Crippen LogP) is 3.32. The Balaban J connectivity index is 1.60. The number of benzene rings is 2. The van der Waals surface area contributed by atoms with Crippen LogP contribution in [0.1, 0.15) is 12.5 Å². The highest BCUT2D eigenvalue weighted by molar-refractivity contribution is 6.10. The zero-order chi connectivity index (χ0) is 21.5. The first-order valence-corrected chi connectivity index (χ1v) is 10.7. The molecule has 1 fully saturated rings. The third-order valence-corrected chi connectivity index (χ3v) is 6.31. The van der Waals surface area contributed by atoms with E-state index >= 15 is 0 Å². The van der Waals surface area contributed by atoms with Gasteiger partial charge in [-0.15, -0.1) is 0 Å². The van der Waals surface area contributed by atoms with Crippen LogP contribution >= 0.6 is 0 Å². The van der Waals surface area contributed by atoms with E-state index in [1.165, 1.54) is 5.69 Å². The van der Waals surface area contributed by atoms with Crippen LogP contribution in [-0.4, -0.2) is 54.9 Å². The normalized spacial score (nSPS) is 19.8. The van der Waals surface area contributed by atoms with Gasteiger partial charge in [-0.1, -0.05) is 18.2 Å². The standard InChI is InChI=1S/C24H28N6O/c1-16-13-30(24-20-6-4-5-7-21(20)29(3)27-24)23-10-17(8-9-22(23)28(16)2)18(11-25)12-26-19-14-31-15-19/h4-12,16,19H,13-15,25H2,1-3H3. The Morgan fingerprint density at radius 3 is 2.71 bits per heavy atom. The predicted molar refractivity (Wildman–Crippen MR) is 127 cm³/mol. The van der Waals surface area contributed by atoms with Gasteiger partial charge in [-0.25, -0.2) is 0 Å². The van der Waals surface area contributed by atoms with Gasteiger partial charge in [0, 0.05) is 50.1 Å². The maximum Gasteiger partial charge on any atom is 0.163 e. The molecule has 1 unspecified atom stereocenters. The summed E-state index contributed by atoms with van der Waals surface area (Å²) < 4.78 is 7.17. The smallest absolute Gasteiger partial charge is 0.163 e. The highest BCUT2D eigenvalue weighted by atomic mass is 16.5. The van der Waals surface area contributed by atoms with Gasteiger partial charge in [0.1, 0.15) is 0 Å². The highest BCUT2D eigenvalue weighted by Gasteiger charge is 2.29. The Morgan fingerprint density at radius 2 is 1.97 bits per heavy atom. The van der Waals surface area contributed by atoms with Crippen molar-refractivity contribution in [1.29, 1.82) is 0 Å². The summed E-state index contributed by atoms with van der Waals surface area (Å²) in [6.07, 6.45) is 3.49. The van der Waals surface area contributed by atoms with E-state index < -0.39 is 0 Å². The molecule has 3 heterocycles. The molecule has 3 aromatic rings. The molecule has 31 heavy (non-hydrogen) atoms. The van der Waals surface area contributed by atoms with Gasteiger partial charge < -0.3 is 20.3 Å². The van der Waals surface area contributed by atoms with E-state index in [0.717, 1.165) is 40.1 Å². The molecule has 5 rings (SSSR count). The van der Waals surface area contributed by atoms with Crippen molar-refractivity contribution in [2.75, 3.05) is 36.6 Å². The summed E-state index contributed by atoms with van der Waals surface area (Å²) in [6.45, 7) is 4.46. The summed E-state index contributed by atoms with van der Waals surface area (Å²) in [5, 5.41) is 6.04. The average Bonchev–Trinajstić information content (AvgIpc) is 3.09. The molecule has 2 aliphatic heterocycles. The van der Waals surface area contributed by atoms with Crippen LogP contribution < -0.4 is 15.5 Å². The van der Waals surface area contributed by atoms with Crippen molar-refractivity contribution in [1.82, 2.24) is 9.78 Å². The first-order chi connectivity index (χ1) is 15.1. The largest absolute Gasteiger partial charge is 0.404 e. The lowest BCUT2D eigenvalue weighted by Gasteiger charge is -2.41. The summed E-state index contributed by atoms with van der Waals surface area (Å²) in [5.41, 5.74) is 11.3. The molecule has 2 aliphatic rings. The lowest BCUT2D eigenvalue weighted by molar-refractivity contribution is 0.0136. The van der Waals surface area contributed by atoms with Crippen molar-refractivity contribution in [3.8, 4) is 0 Å². The molecule has 7 nitrogen and oxygen atoms in total. The van der Waals surface area contributed by atoms with Crippen molar-refractivity contribution < 1.29 is 4.74 Å². The summed E-state index contributed by atoms with van der Waals surface area (Å²) in [6, 6.07) is 15.4. The molecule has 1 atom stereocenters. The average molecular weight is 417 g/mol. The monoisotopic (exact) mass is 416 g/mol.